The number of aromatic nitrogens is 2. The van der Waals surface area contributed by atoms with Crippen LogP contribution in [-0.2, 0) is 14.8 Å². The molecule has 7 nitrogen and oxygen atoms in total. The lowest BCUT2D eigenvalue weighted by molar-refractivity contribution is 0.171. The molecular weight excluding hydrogens is 412 g/mol. The zero-order valence-electron chi connectivity index (χ0n) is 16.8. The average molecular weight is 439 g/mol. The van der Waals surface area contributed by atoms with Crippen LogP contribution >= 0.6 is 11.6 Å². The van der Waals surface area contributed by atoms with E-state index in [1.54, 1.807) is 37.6 Å². The molecule has 2 unspecified atom stereocenters. The molecule has 2 N–H and O–H groups in total. The number of ether oxygens (including phenoxy) is 1. The molecule has 0 amide bonds. The van der Waals surface area contributed by atoms with Crippen LogP contribution in [0.25, 0.3) is 0 Å². The van der Waals surface area contributed by atoms with Gasteiger partial charge in [0.1, 0.15) is 11.0 Å². The molecule has 2 aromatic heterocycles. The van der Waals surface area contributed by atoms with Crippen molar-refractivity contribution in [1.29, 1.82) is 0 Å². The molecule has 1 aliphatic carbocycles. The van der Waals surface area contributed by atoms with Crippen molar-refractivity contribution < 1.29 is 13.2 Å². The molecule has 0 saturated heterocycles. The molecule has 1 aliphatic rings. The standard InChI is InChI=1S/C20H27ClN4O3S/c1-13(2)16(12-28-3)23-18-5-4-6-19(24-18)29(26,27)25-20(14-7-8-14)15-9-10-22-17(21)11-15/h4-6,9-11,13-14,16,20,25H,7-8,12H2,1-3H3,(H,23,24). The van der Waals surface area contributed by atoms with Crippen molar-refractivity contribution in [2.75, 3.05) is 19.0 Å². The van der Waals surface area contributed by atoms with E-state index < -0.39 is 10.0 Å². The third kappa shape index (κ3) is 5.88. The highest BCUT2D eigenvalue weighted by Crippen LogP contribution is 2.42. The molecular formula is C20H27ClN4O3S. The summed E-state index contributed by atoms with van der Waals surface area (Å²) in [5.41, 5.74) is 0.810. The van der Waals surface area contributed by atoms with Crippen LogP contribution in [0.3, 0.4) is 0 Å². The summed E-state index contributed by atoms with van der Waals surface area (Å²) in [7, 11) is -2.17. The summed E-state index contributed by atoms with van der Waals surface area (Å²) in [6, 6.07) is 8.11. The molecule has 2 atom stereocenters. The molecule has 1 fully saturated rings. The lowest BCUT2D eigenvalue weighted by Gasteiger charge is -2.22. The molecule has 0 bridgehead atoms. The first-order chi connectivity index (χ1) is 13.8. The normalized spacial score (nSPS) is 16.6. The summed E-state index contributed by atoms with van der Waals surface area (Å²) in [4.78, 5) is 8.32. The Hall–Kier alpha value is -1.74. The maximum atomic E-state index is 13.1. The van der Waals surface area contributed by atoms with Gasteiger partial charge in [-0.25, -0.2) is 23.1 Å². The summed E-state index contributed by atoms with van der Waals surface area (Å²) in [5, 5.41) is 3.59. The minimum Gasteiger partial charge on any atom is -0.383 e. The average Bonchev–Trinajstić information content (AvgIpc) is 3.51. The SMILES string of the molecule is COCC(Nc1cccc(S(=O)(=O)NC(c2ccnc(Cl)c2)C2CC2)n1)C(C)C. The third-order valence-electron chi connectivity index (χ3n) is 4.97. The van der Waals surface area contributed by atoms with Gasteiger partial charge in [0.15, 0.2) is 5.03 Å². The number of halogens is 1. The van der Waals surface area contributed by atoms with Crippen molar-refractivity contribution in [2.45, 2.75) is 43.8 Å². The van der Waals surface area contributed by atoms with Gasteiger partial charge >= 0.3 is 0 Å². The quantitative estimate of drug-likeness (QED) is 0.550. The van der Waals surface area contributed by atoms with Gasteiger partial charge in [0.2, 0.25) is 0 Å². The van der Waals surface area contributed by atoms with E-state index in [0.717, 1.165) is 18.4 Å². The summed E-state index contributed by atoms with van der Waals surface area (Å²) >= 11 is 6.00. The van der Waals surface area contributed by atoms with E-state index in [9.17, 15) is 8.42 Å². The van der Waals surface area contributed by atoms with E-state index in [4.69, 9.17) is 16.3 Å². The largest absolute Gasteiger partial charge is 0.383 e. The molecule has 9 heteroatoms. The minimum atomic E-state index is -3.81. The summed E-state index contributed by atoms with van der Waals surface area (Å²) < 4.78 is 34.2. The zero-order chi connectivity index (χ0) is 21.0. The Balaban J connectivity index is 1.81. The molecule has 29 heavy (non-hydrogen) atoms. The van der Waals surface area contributed by atoms with E-state index in [1.165, 1.54) is 6.07 Å². The molecule has 2 heterocycles. The molecule has 3 rings (SSSR count). The first-order valence-electron chi connectivity index (χ1n) is 9.66. The Bertz CT molecular complexity index is 935. The van der Waals surface area contributed by atoms with Crippen LogP contribution in [0.4, 0.5) is 5.82 Å². The number of pyridine rings is 2. The lowest BCUT2D eigenvalue weighted by atomic mass is 10.1. The van der Waals surface area contributed by atoms with E-state index >= 15 is 0 Å². The fourth-order valence-corrected chi connectivity index (χ4v) is 4.56. The van der Waals surface area contributed by atoms with Gasteiger partial charge < -0.3 is 10.1 Å². The van der Waals surface area contributed by atoms with Crippen molar-refractivity contribution in [2.24, 2.45) is 11.8 Å². The number of nitrogens with one attached hydrogen (secondary N) is 2. The van der Waals surface area contributed by atoms with Gasteiger partial charge in [-0.3, -0.25) is 0 Å². The number of nitrogens with zero attached hydrogens (tertiary/aromatic N) is 2. The highest BCUT2D eigenvalue weighted by molar-refractivity contribution is 7.89. The second-order valence-electron chi connectivity index (χ2n) is 7.66. The predicted molar refractivity (Wildman–Crippen MR) is 113 cm³/mol. The monoisotopic (exact) mass is 438 g/mol. The van der Waals surface area contributed by atoms with Crippen molar-refractivity contribution >= 4 is 27.4 Å². The van der Waals surface area contributed by atoms with Crippen LogP contribution in [0.5, 0.6) is 0 Å². The molecule has 0 aliphatic heterocycles. The van der Waals surface area contributed by atoms with Crippen LogP contribution in [-0.4, -0.2) is 38.1 Å². The number of methoxy groups -OCH3 is 1. The van der Waals surface area contributed by atoms with Crippen molar-refractivity contribution in [3.8, 4) is 0 Å². The van der Waals surface area contributed by atoms with Crippen LogP contribution in [0.2, 0.25) is 5.15 Å². The summed E-state index contributed by atoms with van der Waals surface area (Å²) in [5.74, 6) is 1.04. The predicted octanol–water partition coefficient (Wildman–Crippen LogP) is 3.64. The molecule has 0 spiro atoms. The van der Waals surface area contributed by atoms with E-state index in [0.29, 0.717) is 23.5 Å². The van der Waals surface area contributed by atoms with Crippen LogP contribution < -0.4 is 10.0 Å². The molecule has 0 radical (unpaired) electrons. The van der Waals surface area contributed by atoms with Gasteiger partial charge in [0.25, 0.3) is 10.0 Å². The third-order valence-corrected chi connectivity index (χ3v) is 6.52. The first kappa shape index (κ1) is 22.0. The topological polar surface area (TPSA) is 93.2 Å². The van der Waals surface area contributed by atoms with Crippen molar-refractivity contribution in [1.82, 2.24) is 14.7 Å². The molecule has 158 valence electrons. The number of anilines is 1. The van der Waals surface area contributed by atoms with Crippen LogP contribution in [0.1, 0.15) is 38.3 Å². The van der Waals surface area contributed by atoms with Gasteiger partial charge in [-0.05, 0) is 54.5 Å². The van der Waals surface area contributed by atoms with Gasteiger partial charge in [-0.1, -0.05) is 31.5 Å². The fraction of sp³-hybridized carbons (Fsp3) is 0.500. The van der Waals surface area contributed by atoms with E-state index in [-0.39, 0.29) is 23.0 Å². The second-order valence-corrected chi connectivity index (χ2v) is 9.71. The Morgan fingerprint density at radius 2 is 2.03 bits per heavy atom. The summed E-state index contributed by atoms with van der Waals surface area (Å²) in [6.45, 7) is 4.64. The molecule has 0 aromatic carbocycles. The Labute approximate surface area is 177 Å². The fourth-order valence-electron chi connectivity index (χ4n) is 3.12. The summed E-state index contributed by atoms with van der Waals surface area (Å²) in [6.07, 6.45) is 3.52. The van der Waals surface area contributed by atoms with Gasteiger partial charge in [-0.2, -0.15) is 0 Å². The number of rotatable bonds is 10. The first-order valence-corrected chi connectivity index (χ1v) is 11.5. The lowest BCUT2D eigenvalue weighted by Crippen LogP contribution is -2.32. The number of hydrogen-bond donors (Lipinski definition) is 2. The highest BCUT2D eigenvalue weighted by Gasteiger charge is 2.36. The van der Waals surface area contributed by atoms with Gasteiger partial charge in [-0.15, -0.1) is 0 Å². The smallest absolute Gasteiger partial charge is 0.258 e. The highest BCUT2D eigenvalue weighted by atomic mass is 35.5. The maximum Gasteiger partial charge on any atom is 0.258 e. The van der Waals surface area contributed by atoms with Crippen molar-refractivity contribution in [3.05, 3.63) is 47.2 Å². The van der Waals surface area contributed by atoms with Gasteiger partial charge in [0.05, 0.1) is 12.6 Å². The Morgan fingerprint density at radius 3 is 2.66 bits per heavy atom. The minimum absolute atomic E-state index is 0.0202. The van der Waals surface area contributed by atoms with Crippen molar-refractivity contribution in [3.63, 3.8) is 0 Å². The Morgan fingerprint density at radius 1 is 1.28 bits per heavy atom. The van der Waals surface area contributed by atoms with Gasteiger partial charge in [0, 0.05) is 19.3 Å². The maximum absolute atomic E-state index is 13.1. The second kappa shape index (κ2) is 9.38. The van der Waals surface area contributed by atoms with Crippen LogP contribution in [0, 0.1) is 11.8 Å². The van der Waals surface area contributed by atoms with E-state index in [1.807, 2.05) is 0 Å². The number of hydrogen-bond acceptors (Lipinski definition) is 6. The molecule has 2 aromatic rings. The van der Waals surface area contributed by atoms with E-state index in [2.05, 4.69) is 33.9 Å². The molecule has 1 saturated carbocycles. The van der Waals surface area contributed by atoms with Crippen LogP contribution in [0.15, 0.2) is 41.6 Å². The number of sulfonamides is 1. The Kier molecular flexibility index (Phi) is 7.10. The zero-order valence-corrected chi connectivity index (χ0v) is 18.4.